The van der Waals surface area contributed by atoms with Crippen LogP contribution in [0.1, 0.15) is 71.5 Å². The third kappa shape index (κ3) is 8.61. The molecule has 13 heteroatoms. The lowest BCUT2D eigenvalue weighted by atomic mass is 9.88. The molecule has 4 aromatic rings. The number of carbonyl (C=O) groups is 3. The maximum Gasteiger partial charge on any atom is 0.410 e. The summed E-state index contributed by atoms with van der Waals surface area (Å²) in [5.74, 6) is -0.768. The highest BCUT2D eigenvalue weighted by Crippen LogP contribution is 2.45. The van der Waals surface area contributed by atoms with Crippen LogP contribution in [0.15, 0.2) is 72.8 Å². The van der Waals surface area contributed by atoms with Gasteiger partial charge in [0.1, 0.15) is 0 Å². The zero-order valence-electron chi connectivity index (χ0n) is 30.8. The largest absolute Gasteiger partial charge is 0.436 e. The Bertz CT molecular complexity index is 1940. The Morgan fingerprint density at radius 1 is 0.944 bits per heavy atom. The normalized spacial score (nSPS) is 15.2. The van der Waals surface area contributed by atoms with E-state index in [9.17, 15) is 14.4 Å². The zero-order valence-corrected chi connectivity index (χ0v) is 31.6. The molecule has 3 aromatic carbocycles. The van der Waals surface area contributed by atoms with Crippen molar-refractivity contribution in [2.45, 2.75) is 58.1 Å². The summed E-state index contributed by atoms with van der Waals surface area (Å²) in [6.45, 7) is 6.28. The third-order valence-electron chi connectivity index (χ3n) is 10.8. The molecule has 2 unspecified atom stereocenters. The van der Waals surface area contributed by atoms with Gasteiger partial charge < -0.3 is 37.1 Å². The number of aryl methyl sites for hydroxylation is 1. The molecule has 1 aliphatic heterocycles. The van der Waals surface area contributed by atoms with Crippen LogP contribution in [0.2, 0.25) is 5.15 Å². The summed E-state index contributed by atoms with van der Waals surface area (Å²) in [7, 11) is 0. The van der Waals surface area contributed by atoms with Gasteiger partial charge in [-0.1, -0.05) is 84.4 Å². The van der Waals surface area contributed by atoms with Gasteiger partial charge in [0.05, 0.1) is 0 Å². The molecule has 0 bridgehead atoms. The van der Waals surface area contributed by atoms with Gasteiger partial charge >= 0.3 is 6.09 Å². The van der Waals surface area contributed by atoms with Gasteiger partial charge in [-0.15, -0.1) is 0 Å². The van der Waals surface area contributed by atoms with E-state index in [-0.39, 0.29) is 59.4 Å². The number of amides is 3. The summed E-state index contributed by atoms with van der Waals surface area (Å²) in [6.07, 6.45) is 2.12. The van der Waals surface area contributed by atoms with E-state index in [2.05, 4.69) is 40.4 Å². The monoisotopic (exact) mass is 752 g/mol. The van der Waals surface area contributed by atoms with Crippen molar-refractivity contribution in [1.82, 2.24) is 25.1 Å². The van der Waals surface area contributed by atoms with Gasteiger partial charge in [0.15, 0.2) is 28.6 Å². The number of ether oxygens (including phenoxy) is 1. The number of nitrogen functional groups attached to an aromatic ring is 2. The highest BCUT2D eigenvalue weighted by molar-refractivity contribution is 6.31. The molecule has 1 aliphatic carbocycles. The van der Waals surface area contributed by atoms with Crippen molar-refractivity contribution >= 4 is 41.1 Å². The molecule has 2 aliphatic rings. The standard InChI is InChI=1S/C41H49ClN8O4/c1-25-10-3-4-11-29(25)22-27(23-46-40(52)35-38(44)48-39(45)37(42)47-35)24-50(26(2)28-17-20-49(21-18-28)34(51)16-9-19-43)41(53)54-36-32-14-7-5-12-30(32)31-13-6-8-15-33(31)36/h3-8,10-15,26-28,36H,9,16-24,43H2,1-2H3,(H,46,52)(H4,44,45,48). The maximum atomic E-state index is 14.7. The van der Waals surface area contributed by atoms with Crippen molar-refractivity contribution < 1.29 is 19.1 Å². The molecule has 1 fully saturated rings. The predicted octanol–water partition coefficient (Wildman–Crippen LogP) is 5.77. The minimum absolute atomic E-state index is 0.0652. The Hall–Kier alpha value is -5.20. The lowest BCUT2D eigenvalue weighted by Gasteiger charge is -2.41. The topological polar surface area (TPSA) is 183 Å². The Balaban J connectivity index is 1.28. The number of nitrogens with zero attached hydrogens (tertiary/aromatic N) is 4. The molecule has 1 saturated heterocycles. The molecule has 12 nitrogen and oxygen atoms in total. The van der Waals surface area contributed by atoms with Crippen LogP contribution in [0, 0.1) is 18.8 Å². The van der Waals surface area contributed by atoms with Gasteiger partial charge in [-0.2, -0.15) is 0 Å². The van der Waals surface area contributed by atoms with E-state index in [1.54, 1.807) is 0 Å². The summed E-state index contributed by atoms with van der Waals surface area (Å²) in [6, 6.07) is 23.9. The van der Waals surface area contributed by atoms with E-state index in [1.165, 1.54) is 0 Å². The number of carbonyl (C=O) groups excluding carboxylic acids is 3. The number of nitrogens with one attached hydrogen (secondary N) is 1. The second-order valence-corrected chi connectivity index (χ2v) is 14.6. The fourth-order valence-electron chi connectivity index (χ4n) is 7.67. The second-order valence-electron chi connectivity index (χ2n) is 14.3. The number of anilines is 2. The number of piperidine rings is 1. The molecule has 2 atom stereocenters. The Labute approximate surface area is 321 Å². The number of fused-ring (bicyclic) bond motifs is 3. The first kappa shape index (κ1) is 38.5. The molecule has 0 radical (unpaired) electrons. The SMILES string of the molecule is Cc1ccccc1CC(CNC(=O)c1nc(Cl)c(N)nc1N)CN(C(=O)OC1c2ccccc2-c2ccccc21)C(C)C1CCN(C(=O)CCCN)CC1. The van der Waals surface area contributed by atoms with Gasteiger partial charge in [-0.25, -0.2) is 14.8 Å². The number of nitrogens with two attached hydrogens (primary N) is 3. The van der Waals surface area contributed by atoms with Crippen molar-refractivity contribution in [3.8, 4) is 11.1 Å². The Morgan fingerprint density at radius 3 is 2.22 bits per heavy atom. The molecule has 284 valence electrons. The van der Waals surface area contributed by atoms with Crippen molar-refractivity contribution in [3.05, 3.63) is 106 Å². The highest BCUT2D eigenvalue weighted by Gasteiger charge is 2.37. The summed E-state index contributed by atoms with van der Waals surface area (Å²) >= 11 is 6.09. The first-order valence-corrected chi connectivity index (χ1v) is 19.0. The van der Waals surface area contributed by atoms with Crippen molar-refractivity contribution in [2.24, 2.45) is 17.6 Å². The molecule has 6 rings (SSSR count). The van der Waals surface area contributed by atoms with E-state index in [0.717, 1.165) is 46.2 Å². The van der Waals surface area contributed by atoms with Crippen LogP contribution in [0.25, 0.3) is 11.1 Å². The van der Waals surface area contributed by atoms with Crippen LogP contribution in [-0.4, -0.2) is 76.4 Å². The predicted molar refractivity (Wildman–Crippen MR) is 211 cm³/mol. The molecule has 7 N–H and O–H groups in total. The summed E-state index contributed by atoms with van der Waals surface area (Å²) in [5, 5.41) is 2.86. The third-order valence-corrected chi connectivity index (χ3v) is 11.1. The number of aromatic nitrogens is 2. The van der Waals surface area contributed by atoms with Crippen LogP contribution in [-0.2, 0) is 16.0 Å². The maximum absolute atomic E-state index is 14.7. The minimum atomic E-state index is -0.576. The highest BCUT2D eigenvalue weighted by atomic mass is 35.5. The molecule has 54 heavy (non-hydrogen) atoms. The van der Waals surface area contributed by atoms with Gasteiger partial charge in [0, 0.05) is 49.8 Å². The first-order valence-electron chi connectivity index (χ1n) is 18.6. The first-order chi connectivity index (χ1) is 26.0. The van der Waals surface area contributed by atoms with Crippen LogP contribution in [0.3, 0.4) is 0 Å². The van der Waals surface area contributed by atoms with Crippen molar-refractivity contribution in [2.75, 3.05) is 44.2 Å². The molecule has 1 aromatic heterocycles. The van der Waals surface area contributed by atoms with E-state index in [1.807, 2.05) is 71.3 Å². The molecular weight excluding hydrogens is 704 g/mol. The van der Waals surface area contributed by atoms with Crippen molar-refractivity contribution in [3.63, 3.8) is 0 Å². The number of likely N-dealkylation sites (tertiary alicyclic amines) is 1. The summed E-state index contributed by atoms with van der Waals surface area (Å²) < 4.78 is 6.51. The molecule has 3 amide bonds. The fraction of sp³-hybridized carbons (Fsp3) is 0.390. The Morgan fingerprint density at radius 2 is 1.57 bits per heavy atom. The van der Waals surface area contributed by atoms with Gasteiger partial charge in [0.2, 0.25) is 5.91 Å². The molecule has 0 saturated carbocycles. The second kappa shape index (κ2) is 17.3. The Kier molecular flexibility index (Phi) is 12.3. The van der Waals surface area contributed by atoms with E-state index < -0.39 is 18.1 Å². The van der Waals surface area contributed by atoms with Gasteiger partial charge in [0.25, 0.3) is 5.91 Å². The van der Waals surface area contributed by atoms with Gasteiger partial charge in [-0.3, -0.25) is 9.59 Å². The summed E-state index contributed by atoms with van der Waals surface area (Å²) in [4.78, 5) is 52.7. The molecular formula is C41H49ClN8O4. The number of benzene rings is 3. The lowest BCUT2D eigenvalue weighted by molar-refractivity contribution is -0.133. The van der Waals surface area contributed by atoms with Crippen LogP contribution >= 0.6 is 11.6 Å². The number of hydrogen-bond donors (Lipinski definition) is 4. The fourth-order valence-corrected chi connectivity index (χ4v) is 7.79. The smallest absolute Gasteiger partial charge is 0.410 e. The molecule has 0 spiro atoms. The average molecular weight is 753 g/mol. The number of rotatable bonds is 13. The average Bonchev–Trinajstić information content (AvgIpc) is 3.49. The van der Waals surface area contributed by atoms with Gasteiger partial charge in [-0.05, 0) is 80.2 Å². The zero-order chi connectivity index (χ0) is 38.4. The summed E-state index contributed by atoms with van der Waals surface area (Å²) in [5.41, 5.74) is 23.4. The van der Waals surface area contributed by atoms with Crippen LogP contribution < -0.4 is 22.5 Å². The minimum Gasteiger partial charge on any atom is -0.436 e. The van der Waals surface area contributed by atoms with Crippen LogP contribution in [0.5, 0.6) is 0 Å². The van der Waals surface area contributed by atoms with E-state index >= 15 is 0 Å². The number of hydrogen-bond acceptors (Lipinski definition) is 9. The van der Waals surface area contributed by atoms with E-state index in [4.69, 9.17) is 33.5 Å². The van der Waals surface area contributed by atoms with Crippen molar-refractivity contribution in [1.29, 1.82) is 0 Å². The number of halogens is 1. The lowest BCUT2D eigenvalue weighted by Crippen LogP contribution is -2.50. The van der Waals surface area contributed by atoms with E-state index in [0.29, 0.717) is 38.9 Å². The quantitative estimate of drug-likeness (QED) is 0.132. The molecule has 2 heterocycles. The van der Waals surface area contributed by atoms with Crippen LogP contribution in [0.4, 0.5) is 16.4 Å².